The minimum absolute atomic E-state index is 0.0542. The van der Waals surface area contributed by atoms with Gasteiger partial charge in [0.05, 0.1) is 16.5 Å². The van der Waals surface area contributed by atoms with Crippen LogP contribution in [0.2, 0.25) is 8.67 Å². The van der Waals surface area contributed by atoms with Gasteiger partial charge in [0, 0.05) is 32.1 Å². The van der Waals surface area contributed by atoms with E-state index in [-0.39, 0.29) is 9.23 Å². The van der Waals surface area contributed by atoms with Gasteiger partial charge in [-0.25, -0.2) is 18.1 Å². The number of anilines is 2. The maximum absolute atomic E-state index is 12.6. The molecule has 12 heteroatoms. The van der Waals surface area contributed by atoms with Crippen molar-refractivity contribution in [2.45, 2.75) is 30.6 Å². The number of nitrogens with one attached hydrogen (secondary N) is 3. The average Bonchev–Trinajstić information content (AvgIpc) is 3.21. The van der Waals surface area contributed by atoms with Crippen molar-refractivity contribution in [3.05, 3.63) is 39.0 Å². The van der Waals surface area contributed by atoms with Crippen LogP contribution >= 0.6 is 34.5 Å². The lowest BCUT2D eigenvalue weighted by atomic mass is 9.82. The fourth-order valence-corrected chi connectivity index (χ4v) is 7.51. The molecule has 1 aliphatic rings. The first-order chi connectivity index (χ1) is 16.9. The number of aromatic nitrogens is 2. The Morgan fingerprint density at radius 3 is 2.46 bits per heavy atom. The van der Waals surface area contributed by atoms with Gasteiger partial charge in [-0.1, -0.05) is 35.3 Å². The lowest BCUT2D eigenvalue weighted by Gasteiger charge is -2.28. The fourth-order valence-electron chi connectivity index (χ4n) is 4.25. The highest BCUT2D eigenvalue weighted by molar-refractivity contribution is 7.89. The van der Waals surface area contributed by atoms with Gasteiger partial charge in [-0.05, 0) is 55.7 Å². The molecule has 3 N–H and O–H groups in total. The normalized spacial score (nSPS) is 18.6. The zero-order chi connectivity index (χ0) is 24.8. The highest BCUT2D eigenvalue weighted by Gasteiger charge is 2.25. The lowest BCUT2D eigenvalue weighted by Crippen LogP contribution is -2.32. The maximum atomic E-state index is 12.6. The van der Waals surface area contributed by atoms with Crippen molar-refractivity contribution in [2.75, 3.05) is 44.0 Å². The third kappa shape index (κ3) is 6.96. The molecule has 0 saturated heterocycles. The largest absolute Gasteiger partial charge is 0.383 e. The van der Waals surface area contributed by atoms with Crippen LogP contribution in [-0.4, -0.2) is 51.7 Å². The number of methoxy groups -OCH3 is 1. The number of fused-ring (bicyclic) bond motifs is 1. The molecule has 1 aromatic carbocycles. The molecule has 0 spiro atoms. The van der Waals surface area contributed by atoms with Crippen LogP contribution in [0, 0.1) is 11.8 Å². The van der Waals surface area contributed by atoms with Crippen LogP contribution in [0.3, 0.4) is 0 Å². The molecule has 0 unspecified atom stereocenters. The number of hydrogen-bond donors (Lipinski definition) is 3. The molecule has 0 radical (unpaired) electrons. The molecule has 190 valence electrons. The van der Waals surface area contributed by atoms with Gasteiger partial charge in [0.1, 0.15) is 15.0 Å². The van der Waals surface area contributed by atoms with Crippen LogP contribution < -0.4 is 15.4 Å². The van der Waals surface area contributed by atoms with E-state index in [4.69, 9.17) is 27.9 Å². The van der Waals surface area contributed by atoms with Crippen LogP contribution in [-0.2, 0) is 14.8 Å². The van der Waals surface area contributed by atoms with E-state index in [1.165, 1.54) is 6.07 Å². The fraction of sp³-hybridized carbons (Fsp3) is 0.478. The Hall–Kier alpha value is -1.69. The Morgan fingerprint density at radius 2 is 1.77 bits per heavy atom. The highest BCUT2D eigenvalue weighted by atomic mass is 35.5. The van der Waals surface area contributed by atoms with E-state index in [0.717, 1.165) is 60.3 Å². The minimum Gasteiger partial charge on any atom is -0.383 e. The maximum Gasteiger partial charge on any atom is 0.242 e. The lowest BCUT2D eigenvalue weighted by molar-refractivity contribution is 0.210. The predicted molar refractivity (Wildman–Crippen MR) is 143 cm³/mol. The van der Waals surface area contributed by atoms with Gasteiger partial charge >= 0.3 is 0 Å². The molecule has 8 nitrogen and oxygen atoms in total. The smallest absolute Gasteiger partial charge is 0.242 e. The number of ether oxygens (including phenoxy) is 1. The summed E-state index contributed by atoms with van der Waals surface area (Å²) in [7, 11) is -1.99. The third-order valence-corrected chi connectivity index (χ3v) is 9.37. The summed E-state index contributed by atoms with van der Waals surface area (Å²) in [5.41, 5.74) is 0.882. The van der Waals surface area contributed by atoms with Crippen molar-refractivity contribution in [3.8, 4) is 0 Å². The van der Waals surface area contributed by atoms with Gasteiger partial charge in [0.2, 0.25) is 16.0 Å². The molecule has 0 atom stereocenters. The number of sulfonamides is 1. The SMILES string of the molecule is COCCNc1nc(NCC2CCC(CNS(=O)(=O)c3cc(Cl)sc3Cl)CC2)nc2ccccc12. The molecule has 2 heterocycles. The Kier molecular flexibility index (Phi) is 9.07. The van der Waals surface area contributed by atoms with E-state index in [0.29, 0.717) is 41.8 Å². The van der Waals surface area contributed by atoms with E-state index in [1.54, 1.807) is 7.11 Å². The van der Waals surface area contributed by atoms with Crippen LogP contribution in [0.1, 0.15) is 25.7 Å². The van der Waals surface area contributed by atoms with Crippen molar-refractivity contribution in [1.82, 2.24) is 14.7 Å². The number of benzene rings is 1. The van der Waals surface area contributed by atoms with Crippen LogP contribution in [0.15, 0.2) is 35.2 Å². The number of para-hydroxylation sites is 1. The van der Waals surface area contributed by atoms with Crippen molar-refractivity contribution in [1.29, 1.82) is 0 Å². The Balaban J connectivity index is 1.28. The summed E-state index contributed by atoms with van der Waals surface area (Å²) in [5, 5.41) is 7.71. The number of rotatable bonds is 11. The second-order valence-corrected chi connectivity index (χ2v) is 12.7. The first kappa shape index (κ1) is 26.4. The number of nitrogens with zero attached hydrogens (tertiary/aromatic N) is 2. The monoisotopic (exact) mass is 557 g/mol. The molecular weight excluding hydrogens is 529 g/mol. The summed E-state index contributed by atoms with van der Waals surface area (Å²) < 4.78 is 33.5. The molecule has 4 rings (SSSR count). The standard InChI is InChI=1S/C23H29Cl2N5O3S2/c1-33-11-10-26-22-17-4-2-3-5-18(17)29-23(30-22)27-13-15-6-8-16(9-7-15)14-28-35(31,32)19-12-20(24)34-21(19)25/h2-5,12,15-16,28H,6-11,13-14H2,1H3,(H2,26,27,29,30). The summed E-state index contributed by atoms with van der Waals surface area (Å²) in [4.78, 5) is 9.40. The first-order valence-corrected chi connectivity index (χ1v) is 14.6. The van der Waals surface area contributed by atoms with E-state index in [9.17, 15) is 8.42 Å². The van der Waals surface area contributed by atoms with E-state index >= 15 is 0 Å². The average molecular weight is 559 g/mol. The summed E-state index contributed by atoms with van der Waals surface area (Å²) in [5.74, 6) is 2.17. The van der Waals surface area contributed by atoms with Crippen LogP contribution in [0.25, 0.3) is 10.9 Å². The Bertz CT molecular complexity index is 1250. The van der Waals surface area contributed by atoms with E-state index in [2.05, 4.69) is 25.3 Å². The summed E-state index contributed by atoms with van der Waals surface area (Å²) >= 11 is 13.0. The van der Waals surface area contributed by atoms with Crippen molar-refractivity contribution in [2.24, 2.45) is 11.8 Å². The minimum atomic E-state index is -3.66. The molecule has 3 aromatic rings. The molecule has 1 fully saturated rings. The summed E-state index contributed by atoms with van der Waals surface area (Å²) in [6, 6.07) is 9.32. The Morgan fingerprint density at radius 1 is 1.06 bits per heavy atom. The summed E-state index contributed by atoms with van der Waals surface area (Å²) in [6.07, 6.45) is 3.93. The van der Waals surface area contributed by atoms with Gasteiger partial charge in [0.15, 0.2) is 0 Å². The third-order valence-electron chi connectivity index (χ3n) is 6.19. The van der Waals surface area contributed by atoms with Gasteiger partial charge in [-0.15, -0.1) is 11.3 Å². The van der Waals surface area contributed by atoms with Gasteiger partial charge in [-0.2, -0.15) is 4.98 Å². The molecule has 35 heavy (non-hydrogen) atoms. The van der Waals surface area contributed by atoms with Crippen molar-refractivity contribution < 1.29 is 13.2 Å². The molecule has 0 aliphatic heterocycles. The molecular formula is C23H29Cl2N5O3S2. The predicted octanol–water partition coefficient (Wildman–Crippen LogP) is 5.25. The highest BCUT2D eigenvalue weighted by Crippen LogP contribution is 2.35. The van der Waals surface area contributed by atoms with E-state index in [1.807, 2.05) is 24.3 Å². The Labute approximate surface area is 219 Å². The zero-order valence-electron chi connectivity index (χ0n) is 19.4. The molecule has 1 aliphatic carbocycles. The van der Waals surface area contributed by atoms with Crippen LogP contribution in [0.5, 0.6) is 0 Å². The molecule has 2 aromatic heterocycles. The van der Waals surface area contributed by atoms with Crippen molar-refractivity contribution >= 4 is 67.2 Å². The second-order valence-electron chi connectivity index (χ2n) is 8.64. The van der Waals surface area contributed by atoms with Crippen LogP contribution in [0.4, 0.5) is 11.8 Å². The zero-order valence-corrected chi connectivity index (χ0v) is 22.5. The van der Waals surface area contributed by atoms with Crippen molar-refractivity contribution in [3.63, 3.8) is 0 Å². The first-order valence-electron chi connectivity index (χ1n) is 11.5. The number of thiophene rings is 1. The second kappa shape index (κ2) is 12.0. The number of hydrogen-bond acceptors (Lipinski definition) is 8. The van der Waals surface area contributed by atoms with Gasteiger partial charge < -0.3 is 15.4 Å². The number of halogens is 2. The summed E-state index contributed by atoms with van der Waals surface area (Å²) in [6.45, 7) is 2.43. The topological polar surface area (TPSA) is 105 Å². The molecule has 0 amide bonds. The molecule has 1 saturated carbocycles. The van der Waals surface area contributed by atoms with Gasteiger partial charge in [0.25, 0.3) is 0 Å². The van der Waals surface area contributed by atoms with E-state index < -0.39 is 10.0 Å². The quantitative estimate of drug-likeness (QED) is 0.276. The molecule has 0 bridgehead atoms. The van der Waals surface area contributed by atoms with Gasteiger partial charge in [-0.3, -0.25) is 0 Å².